The van der Waals surface area contributed by atoms with E-state index in [1.165, 1.54) is 0 Å². The summed E-state index contributed by atoms with van der Waals surface area (Å²) < 4.78 is 5.27. The Labute approximate surface area is 161 Å². The molecule has 0 unspecified atom stereocenters. The number of nitrogens with one attached hydrogen (secondary N) is 3. The van der Waals surface area contributed by atoms with Crippen LogP contribution >= 0.6 is 24.0 Å². The minimum absolute atomic E-state index is 0. The van der Waals surface area contributed by atoms with Crippen molar-refractivity contribution in [1.29, 1.82) is 0 Å². The van der Waals surface area contributed by atoms with Crippen LogP contribution in [0.2, 0.25) is 0 Å². The van der Waals surface area contributed by atoms with Gasteiger partial charge in [-0.1, -0.05) is 6.07 Å². The number of amides is 1. The van der Waals surface area contributed by atoms with Gasteiger partial charge in [-0.3, -0.25) is 9.79 Å². The van der Waals surface area contributed by atoms with Crippen LogP contribution in [-0.2, 0) is 9.53 Å². The number of aryl methyl sites for hydroxylation is 1. The summed E-state index contributed by atoms with van der Waals surface area (Å²) in [6, 6.07) is 5.53. The molecule has 7 nitrogen and oxygen atoms in total. The first kappa shape index (κ1) is 22.6. The average Bonchev–Trinajstić information content (AvgIpc) is 2.53. The lowest BCUT2D eigenvalue weighted by molar-refractivity contribution is -0.116. The molecular weight excluding hydrogens is 421 g/mol. The molecule has 24 heavy (non-hydrogen) atoms. The summed E-state index contributed by atoms with van der Waals surface area (Å²) >= 11 is 0. The predicted molar refractivity (Wildman–Crippen MR) is 108 cm³/mol. The van der Waals surface area contributed by atoms with Crippen molar-refractivity contribution in [2.75, 3.05) is 38.7 Å². The Balaban J connectivity index is 0.00000529. The lowest BCUT2D eigenvalue weighted by atomic mass is 10.3. The minimum Gasteiger partial charge on any atom is -0.382 e. The quantitative estimate of drug-likeness (QED) is 0.232. The van der Waals surface area contributed by atoms with E-state index in [-0.39, 0.29) is 29.9 Å². The van der Waals surface area contributed by atoms with Crippen LogP contribution in [0.4, 0.5) is 5.82 Å². The second-order valence-electron chi connectivity index (χ2n) is 4.94. The summed E-state index contributed by atoms with van der Waals surface area (Å²) in [6.45, 7) is 6.61. The molecule has 1 heterocycles. The first-order valence-electron chi connectivity index (χ1n) is 7.91. The fraction of sp³-hybridized carbons (Fsp3) is 0.562. The number of nitrogens with zero attached hydrogens (tertiary/aromatic N) is 2. The molecule has 0 aliphatic heterocycles. The topological polar surface area (TPSA) is 87.6 Å². The van der Waals surface area contributed by atoms with Crippen molar-refractivity contribution >= 4 is 41.7 Å². The first-order chi connectivity index (χ1) is 11.2. The molecule has 136 valence electrons. The summed E-state index contributed by atoms with van der Waals surface area (Å²) in [4.78, 5) is 20.2. The number of carbonyl (C=O) groups is 1. The zero-order valence-corrected chi connectivity index (χ0v) is 16.9. The number of aliphatic imine (C=N–C) groups is 1. The van der Waals surface area contributed by atoms with Gasteiger partial charge in [0.1, 0.15) is 5.82 Å². The minimum atomic E-state index is -0.0811. The standard InChI is InChI=1S/C16H27N5O2.HI/c1-4-23-12-6-10-18-16(17-3)19-11-9-15(22)21-14-8-5-7-13(2)20-14;/h5,7-8H,4,6,9-12H2,1-3H3,(H2,17,18,19)(H,20,21,22);1H. The van der Waals surface area contributed by atoms with Crippen LogP contribution < -0.4 is 16.0 Å². The van der Waals surface area contributed by atoms with E-state index in [2.05, 4.69) is 25.9 Å². The number of ether oxygens (including phenoxy) is 1. The van der Waals surface area contributed by atoms with Crippen molar-refractivity contribution in [1.82, 2.24) is 15.6 Å². The highest BCUT2D eigenvalue weighted by atomic mass is 127. The second-order valence-corrected chi connectivity index (χ2v) is 4.94. The van der Waals surface area contributed by atoms with Crippen molar-refractivity contribution in [2.24, 2.45) is 4.99 Å². The van der Waals surface area contributed by atoms with E-state index in [1.54, 1.807) is 13.1 Å². The predicted octanol–water partition coefficient (Wildman–Crippen LogP) is 1.93. The molecule has 0 fully saturated rings. The van der Waals surface area contributed by atoms with Crippen LogP contribution in [0, 0.1) is 6.92 Å². The van der Waals surface area contributed by atoms with Gasteiger partial charge in [-0.2, -0.15) is 0 Å². The molecule has 1 rings (SSSR count). The highest BCUT2D eigenvalue weighted by Gasteiger charge is 2.04. The van der Waals surface area contributed by atoms with Gasteiger partial charge in [-0.15, -0.1) is 24.0 Å². The normalized spacial score (nSPS) is 10.7. The first-order valence-corrected chi connectivity index (χ1v) is 7.91. The summed E-state index contributed by atoms with van der Waals surface area (Å²) in [5, 5.41) is 9.05. The number of guanidine groups is 1. The number of halogens is 1. The number of hydrogen-bond donors (Lipinski definition) is 3. The van der Waals surface area contributed by atoms with E-state index in [0.29, 0.717) is 24.7 Å². The third kappa shape index (κ3) is 10.4. The smallest absolute Gasteiger partial charge is 0.227 e. The van der Waals surface area contributed by atoms with Crippen LogP contribution in [0.25, 0.3) is 0 Å². The zero-order chi connectivity index (χ0) is 16.9. The van der Waals surface area contributed by atoms with Crippen LogP contribution in [0.1, 0.15) is 25.5 Å². The lowest BCUT2D eigenvalue weighted by Crippen LogP contribution is -2.39. The molecule has 0 aliphatic carbocycles. The van der Waals surface area contributed by atoms with Gasteiger partial charge in [0, 0.05) is 45.5 Å². The Morgan fingerprint density at radius 1 is 1.29 bits per heavy atom. The molecule has 0 bridgehead atoms. The number of anilines is 1. The zero-order valence-electron chi connectivity index (χ0n) is 14.6. The van der Waals surface area contributed by atoms with Crippen molar-refractivity contribution in [3.63, 3.8) is 0 Å². The molecule has 0 saturated heterocycles. The Morgan fingerprint density at radius 3 is 2.71 bits per heavy atom. The van der Waals surface area contributed by atoms with Gasteiger partial charge in [0.05, 0.1) is 0 Å². The van der Waals surface area contributed by atoms with Crippen LogP contribution in [0.15, 0.2) is 23.2 Å². The van der Waals surface area contributed by atoms with Gasteiger partial charge in [-0.25, -0.2) is 4.98 Å². The summed E-state index contributed by atoms with van der Waals surface area (Å²) in [5.74, 6) is 1.18. The van der Waals surface area contributed by atoms with Gasteiger partial charge >= 0.3 is 0 Å². The lowest BCUT2D eigenvalue weighted by Gasteiger charge is -2.11. The van der Waals surface area contributed by atoms with E-state index < -0.39 is 0 Å². The Kier molecular flexibility index (Phi) is 13.1. The van der Waals surface area contributed by atoms with E-state index in [9.17, 15) is 4.79 Å². The van der Waals surface area contributed by atoms with Crippen LogP contribution in [0.5, 0.6) is 0 Å². The Bertz CT molecular complexity index is 511. The summed E-state index contributed by atoms with van der Waals surface area (Å²) in [7, 11) is 1.70. The number of aromatic nitrogens is 1. The number of carbonyl (C=O) groups excluding carboxylic acids is 1. The van der Waals surface area contributed by atoms with Crippen molar-refractivity contribution < 1.29 is 9.53 Å². The van der Waals surface area contributed by atoms with E-state index in [1.807, 2.05) is 26.0 Å². The fourth-order valence-electron chi connectivity index (χ4n) is 1.86. The molecule has 0 radical (unpaired) electrons. The monoisotopic (exact) mass is 449 g/mol. The largest absolute Gasteiger partial charge is 0.382 e. The summed E-state index contributed by atoms with van der Waals surface area (Å²) in [6.07, 6.45) is 1.25. The Hall–Kier alpha value is -1.42. The van der Waals surface area contributed by atoms with Gasteiger partial charge < -0.3 is 20.7 Å². The second kappa shape index (κ2) is 14.0. The van der Waals surface area contributed by atoms with Crippen LogP contribution in [0.3, 0.4) is 0 Å². The molecular formula is C16H28IN5O2. The van der Waals surface area contributed by atoms with Gasteiger partial charge in [0.15, 0.2) is 5.96 Å². The molecule has 0 spiro atoms. The van der Waals surface area contributed by atoms with Crippen molar-refractivity contribution in [2.45, 2.75) is 26.7 Å². The van der Waals surface area contributed by atoms with Crippen molar-refractivity contribution in [3.05, 3.63) is 23.9 Å². The number of pyridine rings is 1. The molecule has 0 saturated carbocycles. The van der Waals surface area contributed by atoms with Gasteiger partial charge in [0.25, 0.3) is 0 Å². The van der Waals surface area contributed by atoms with Crippen LogP contribution in [-0.4, -0.2) is 50.2 Å². The maximum atomic E-state index is 11.9. The number of rotatable bonds is 9. The van der Waals surface area contributed by atoms with E-state index in [4.69, 9.17) is 4.74 Å². The fourth-order valence-corrected chi connectivity index (χ4v) is 1.86. The summed E-state index contributed by atoms with van der Waals surface area (Å²) in [5.41, 5.74) is 0.873. The van der Waals surface area contributed by atoms with Gasteiger partial charge in [0.2, 0.25) is 5.91 Å². The molecule has 3 N–H and O–H groups in total. The molecule has 8 heteroatoms. The third-order valence-electron chi connectivity index (χ3n) is 2.99. The van der Waals surface area contributed by atoms with E-state index >= 15 is 0 Å². The molecule has 0 atom stereocenters. The van der Waals surface area contributed by atoms with E-state index in [0.717, 1.165) is 31.9 Å². The number of hydrogen-bond acceptors (Lipinski definition) is 4. The average molecular weight is 449 g/mol. The molecule has 1 aromatic rings. The Morgan fingerprint density at radius 2 is 2.04 bits per heavy atom. The SMILES string of the molecule is CCOCCCNC(=NC)NCCC(=O)Nc1cccc(C)n1.I. The molecule has 0 aliphatic rings. The molecule has 1 amide bonds. The maximum Gasteiger partial charge on any atom is 0.227 e. The highest BCUT2D eigenvalue weighted by molar-refractivity contribution is 14.0. The highest BCUT2D eigenvalue weighted by Crippen LogP contribution is 2.03. The maximum absolute atomic E-state index is 11.9. The third-order valence-corrected chi connectivity index (χ3v) is 2.99. The van der Waals surface area contributed by atoms with Gasteiger partial charge in [-0.05, 0) is 32.4 Å². The van der Waals surface area contributed by atoms with Crippen molar-refractivity contribution in [3.8, 4) is 0 Å². The molecule has 1 aromatic heterocycles. The molecule has 0 aromatic carbocycles.